The van der Waals surface area contributed by atoms with Gasteiger partial charge in [-0.3, -0.25) is 0 Å². The first kappa shape index (κ1) is 18.3. The number of hydrogen-bond acceptors (Lipinski definition) is 2. The molecule has 0 amide bonds. The monoisotopic (exact) mass is 311 g/mol. The summed E-state index contributed by atoms with van der Waals surface area (Å²) in [5.74, 6) is 1.64. The smallest absolute Gasteiger partial charge is 0.122 e. The second-order valence-electron chi connectivity index (χ2n) is 5.64. The number of halogens is 1. The average molecular weight is 312 g/mol. The Balaban J connectivity index is 2.88. The summed E-state index contributed by atoms with van der Waals surface area (Å²) in [6.07, 6.45) is 6.02. The second-order valence-corrected chi connectivity index (χ2v) is 6.07. The van der Waals surface area contributed by atoms with Crippen molar-refractivity contribution in [3.8, 4) is 5.75 Å². The van der Waals surface area contributed by atoms with Crippen LogP contribution in [0.25, 0.3) is 0 Å². The largest absolute Gasteiger partial charge is 0.496 e. The molecule has 0 heterocycles. The van der Waals surface area contributed by atoms with Gasteiger partial charge in [-0.25, -0.2) is 0 Å². The number of ether oxygens (including phenoxy) is 1. The van der Waals surface area contributed by atoms with Crippen molar-refractivity contribution in [1.29, 1.82) is 0 Å². The van der Waals surface area contributed by atoms with Gasteiger partial charge in [0.05, 0.1) is 7.11 Å². The van der Waals surface area contributed by atoms with Crippen molar-refractivity contribution in [1.82, 2.24) is 5.32 Å². The third-order valence-corrected chi connectivity index (χ3v) is 4.41. The van der Waals surface area contributed by atoms with Crippen LogP contribution in [0.5, 0.6) is 5.75 Å². The van der Waals surface area contributed by atoms with Crippen molar-refractivity contribution in [3.05, 3.63) is 28.8 Å². The highest BCUT2D eigenvalue weighted by atomic mass is 35.5. The zero-order valence-corrected chi connectivity index (χ0v) is 14.7. The molecule has 1 aromatic rings. The molecule has 2 unspecified atom stereocenters. The standard InChI is InChI=1S/C18H30ClNO/c1-5-8-9-14(6-2)17(20-7-3)13-15-12-16(19)10-11-18(15)21-4/h10-12,14,17,20H,5-9,13H2,1-4H3. The second kappa shape index (κ2) is 10.1. The Morgan fingerprint density at radius 2 is 2.00 bits per heavy atom. The van der Waals surface area contributed by atoms with Crippen LogP contribution in [0.2, 0.25) is 5.02 Å². The summed E-state index contributed by atoms with van der Waals surface area (Å²) in [6.45, 7) is 7.72. The Kier molecular flexibility index (Phi) is 8.79. The predicted molar refractivity (Wildman–Crippen MR) is 92.5 cm³/mol. The SMILES string of the molecule is CCCCC(CC)C(Cc1cc(Cl)ccc1OC)NCC. The molecule has 0 aromatic heterocycles. The van der Waals surface area contributed by atoms with E-state index >= 15 is 0 Å². The van der Waals surface area contributed by atoms with Gasteiger partial charge in [0.2, 0.25) is 0 Å². The van der Waals surface area contributed by atoms with E-state index in [-0.39, 0.29) is 0 Å². The van der Waals surface area contributed by atoms with Gasteiger partial charge in [0.1, 0.15) is 5.75 Å². The van der Waals surface area contributed by atoms with Crippen LogP contribution in [-0.2, 0) is 6.42 Å². The van der Waals surface area contributed by atoms with Crippen molar-refractivity contribution in [3.63, 3.8) is 0 Å². The summed E-state index contributed by atoms with van der Waals surface area (Å²) < 4.78 is 5.49. The molecule has 3 heteroatoms. The van der Waals surface area contributed by atoms with Crippen LogP contribution in [0.1, 0.15) is 52.0 Å². The number of likely N-dealkylation sites (N-methyl/N-ethyl adjacent to an activating group) is 1. The summed E-state index contributed by atoms with van der Waals surface area (Å²) in [6, 6.07) is 6.38. The van der Waals surface area contributed by atoms with Crippen molar-refractivity contribution < 1.29 is 4.74 Å². The third kappa shape index (κ3) is 5.88. The van der Waals surface area contributed by atoms with E-state index in [9.17, 15) is 0 Å². The van der Waals surface area contributed by atoms with Gasteiger partial charge in [-0.2, -0.15) is 0 Å². The number of rotatable bonds is 10. The lowest BCUT2D eigenvalue weighted by Gasteiger charge is -2.28. The Hall–Kier alpha value is -0.730. The highest BCUT2D eigenvalue weighted by molar-refractivity contribution is 6.30. The zero-order chi connectivity index (χ0) is 15.7. The van der Waals surface area contributed by atoms with E-state index in [4.69, 9.17) is 16.3 Å². The lowest BCUT2D eigenvalue weighted by atomic mass is 9.87. The lowest BCUT2D eigenvalue weighted by molar-refractivity contribution is 0.315. The fourth-order valence-electron chi connectivity index (χ4n) is 2.97. The predicted octanol–water partition coefficient (Wildman–Crippen LogP) is 5.09. The molecule has 0 fully saturated rings. The van der Waals surface area contributed by atoms with Crippen molar-refractivity contribution >= 4 is 11.6 Å². The molecular weight excluding hydrogens is 282 g/mol. The normalized spacial score (nSPS) is 14.0. The molecule has 0 saturated carbocycles. The Morgan fingerprint density at radius 3 is 2.57 bits per heavy atom. The molecule has 120 valence electrons. The fraction of sp³-hybridized carbons (Fsp3) is 0.667. The van der Waals surface area contributed by atoms with Crippen LogP contribution < -0.4 is 10.1 Å². The van der Waals surface area contributed by atoms with E-state index in [1.807, 2.05) is 18.2 Å². The molecule has 0 saturated heterocycles. The van der Waals surface area contributed by atoms with Crippen LogP contribution in [0.4, 0.5) is 0 Å². The molecule has 1 rings (SSSR count). The average Bonchev–Trinajstić information content (AvgIpc) is 2.48. The third-order valence-electron chi connectivity index (χ3n) is 4.17. The minimum absolute atomic E-state index is 0.485. The van der Waals surface area contributed by atoms with Crippen LogP contribution in [0, 0.1) is 5.92 Å². The molecule has 1 aromatic carbocycles. The Bertz CT molecular complexity index is 408. The highest BCUT2D eigenvalue weighted by Gasteiger charge is 2.20. The molecule has 2 atom stereocenters. The summed E-state index contributed by atoms with van der Waals surface area (Å²) in [5, 5.41) is 4.44. The number of nitrogens with one attached hydrogen (secondary N) is 1. The zero-order valence-electron chi connectivity index (χ0n) is 13.9. The highest BCUT2D eigenvalue weighted by Crippen LogP contribution is 2.27. The molecule has 1 N–H and O–H groups in total. The molecule has 0 radical (unpaired) electrons. The van der Waals surface area contributed by atoms with Gasteiger partial charge in [-0.15, -0.1) is 0 Å². The minimum Gasteiger partial charge on any atom is -0.496 e. The summed E-state index contributed by atoms with van der Waals surface area (Å²) in [4.78, 5) is 0. The number of methoxy groups -OCH3 is 1. The van der Waals surface area contributed by atoms with Gasteiger partial charge in [-0.1, -0.05) is 51.6 Å². The molecule has 0 aliphatic carbocycles. The molecule has 0 bridgehead atoms. The van der Waals surface area contributed by atoms with Gasteiger partial charge in [0, 0.05) is 11.1 Å². The van der Waals surface area contributed by atoms with Crippen LogP contribution in [-0.4, -0.2) is 19.7 Å². The summed E-state index contributed by atoms with van der Waals surface area (Å²) in [7, 11) is 1.73. The van der Waals surface area contributed by atoms with E-state index < -0.39 is 0 Å². The summed E-state index contributed by atoms with van der Waals surface area (Å²) in [5.41, 5.74) is 1.20. The van der Waals surface area contributed by atoms with Gasteiger partial charge >= 0.3 is 0 Å². The fourth-order valence-corrected chi connectivity index (χ4v) is 3.16. The maximum absolute atomic E-state index is 6.16. The van der Waals surface area contributed by atoms with Crippen LogP contribution in [0.15, 0.2) is 18.2 Å². The minimum atomic E-state index is 0.485. The van der Waals surface area contributed by atoms with E-state index in [0.29, 0.717) is 12.0 Å². The molecular formula is C18H30ClNO. The van der Waals surface area contributed by atoms with Gasteiger partial charge in [0.15, 0.2) is 0 Å². The van der Waals surface area contributed by atoms with E-state index in [1.165, 1.54) is 31.2 Å². The van der Waals surface area contributed by atoms with Crippen LogP contribution >= 0.6 is 11.6 Å². The van der Waals surface area contributed by atoms with Crippen molar-refractivity contribution in [2.75, 3.05) is 13.7 Å². The van der Waals surface area contributed by atoms with Crippen LogP contribution in [0.3, 0.4) is 0 Å². The number of benzene rings is 1. The van der Waals surface area contributed by atoms with Gasteiger partial charge in [0.25, 0.3) is 0 Å². The van der Waals surface area contributed by atoms with Gasteiger partial charge < -0.3 is 10.1 Å². The number of unbranched alkanes of at least 4 members (excludes halogenated alkanes) is 1. The molecule has 0 spiro atoms. The van der Waals surface area contributed by atoms with Crippen molar-refractivity contribution in [2.24, 2.45) is 5.92 Å². The van der Waals surface area contributed by atoms with Crippen molar-refractivity contribution in [2.45, 2.75) is 58.9 Å². The van der Waals surface area contributed by atoms with E-state index in [1.54, 1.807) is 7.11 Å². The molecule has 0 aliphatic heterocycles. The van der Waals surface area contributed by atoms with Gasteiger partial charge in [-0.05, 0) is 49.1 Å². The maximum Gasteiger partial charge on any atom is 0.122 e. The first-order valence-electron chi connectivity index (χ1n) is 8.21. The van der Waals surface area contributed by atoms with E-state index in [0.717, 1.165) is 23.7 Å². The molecule has 21 heavy (non-hydrogen) atoms. The van der Waals surface area contributed by atoms with E-state index in [2.05, 4.69) is 26.1 Å². The topological polar surface area (TPSA) is 21.3 Å². The maximum atomic E-state index is 6.16. The summed E-state index contributed by atoms with van der Waals surface area (Å²) >= 11 is 6.16. The Labute approximate surface area is 135 Å². The quantitative estimate of drug-likeness (QED) is 0.650. The Morgan fingerprint density at radius 1 is 1.24 bits per heavy atom. The first-order valence-corrected chi connectivity index (χ1v) is 8.59. The lowest BCUT2D eigenvalue weighted by Crippen LogP contribution is -2.38. The first-order chi connectivity index (χ1) is 10.2. The molecule has 0 aliphatic rings. The molecule has 2 nitrogen and oxygen atoms in total. The number of hydrogen-bond donors (Lipinski definition) is 1.